The van der Waals surface area contributed by atoms with E-state index in [1.807, 2.05) is 19.9 Å². The molecule has 24 heavy (non-hydrogen) atoms. The van der Waals surface area contributed by atoms with Crippen molar-refractivity contribution in [2.45, 2.75) is 52.0 Å². The zero-order valence-electron chi connectivity index (χ0n) is 14.1. The zero-order valence-corrected chi connectivity index (χ0v) is 14.9. The molecule has 0 fully saturated rings. The number of carboxylic acids is 1. The fourth-order valence-electron chi connectivity index (χ4n) is 2.79. The van der Waals surface area contributed by atoms with Crippen LogP contribution < -0.4 is 10.6 Å². The highest BCUT2D eigenvalue weighted by molar-refractivity contribution is 7.14. The van der Waals surface area contributed by atoms with Crippen molar-refractivity contribution < 1.29 is 19.5 Å². The summed E-state index contributed by atoms with van der Waals surface area (Å²) < 4.78 is 0. The van der Waals surface area contributed by atoms with Gasteiger partial charge in [-0.05, 0) is 49.7 Å². The average Bonchev–Trinajstić information content (AvgIpc) is 2.95. The van der Waals surface area contributed by atoms with E-state index in [1.54, 1.807) is 0 Å². The smallest absolute Gasteiger partial charge is 0.326 e. The van der Waals surface area contributed by atoms with Gasteiger partial charge in [0.1, 0.15) is 6.04 Å². The molecule has 3 N–H and O–H groups in total. The number of nitrogens with one attached hydrogen (secondary N) is 2. The van der Waals surface area contributed by atoms with Crippen molar-refractivity contribution in [3.05, 3.63) is 21.4 Å². The second-order valence-corrected chi connectivity index (χ2v) is 7.67. The van der Waals surface area contributed by atoms with E-state index in [0.717, 1.165) is 25.7 Å². The molecular formula is C17H24N2O4S. The van der Waals surface area contributed by atoms with Crippen LogP contribution in [0, 0.1) is 5.92 Å². The lowest BCUT2D eigenvalue weighted by molar-refractivity contribution is -0.142. The van der Waals surface area contributed by atoms with Crippen molar-refractivity contribution in [3.63, 3.8) is 0 Å². The first-order valence-electron chi connectivity index (χ1n) is 8.28. The molecule has 0 saturated carbocycles. The van der Waals surface area contributed by atoms with Crippen molar-refractivity contribution >= 4 is 29.1 Å². The molecule has 1 aromatic heterocycles. The minimum absolute atomic E-state index is 0.151. The number of rotatable bonds is 7. The summed E-state index contributed by atoms with van der Waals surface area (Å²) in [6.07, 6.45) is 4.69. The SMILES string of the molecule is CC(C)C[C@H](NC(=O)CNC(=O)c1cc2c(s1)CCCC2)C(=O)O. The summed E-state index contributed by atoms with van der Waals surface area (Å²) in [5.41, 5.74) is 1.24. The van der Waals surface area contributed by atoms with Crippen LogP contribution in [0.4, 0.5) is 0 Å². The van der Waals surface area contributed by atoms with Gasteiger partial charge >= 0.3 is 5.97 Å². The number of carboxylic acid groups (broad SMARTS) is 1. The molecule has 0 spiro atoms. The fraction of sp³-hybridized carbons (Fsp3) is 0.588. The molecule has 0 saturated heterocycles. The predicted molar refractivity (Wildman–Crippen MR) is 92.3 cm³/mol. The molecule has 7 heteroatoms. The Labute approximate surface area is 145 Å². The molecule has 2 rings (SSSR count). The van der Waals surface area contributed by atoms with Gasteiger partial charge in [0, 0.05) is 4.88 Å². The molecule has 0 bridgehead atoms. The lowest BCUT2D eigenvalue weighted by Crippen LogP contribution is -2.46. The Hall–Kier alpha value is -1.89. The lowest BCUT2D eigenvalue weighted by atomic mass is 9.99. The number of hydrogen-bond acceptors (Lipinski definition) is 4. The zero-order chi connectivity index (χ0) is 17.7. The van der Waals surface area contributed by atoms with Crippen LogP contribution in [0.2, 0.25) is 0 Å². The number of hydrogen-bond donors (Lipinski definition) is 3. The first-order valence-corrected chi connectivity index (χ1v) is 9.10. The predicted octanol–water partition coefficient (Wildman–Crippen LogP) is 1.97. The first kappa shape index (κ1) is 18.4. The van der Waals surface area contributed by atoms with E-state index in [1.165, 1.54) is 21.8 Å². The van der Waals surface area contributed by atoms with Crippen molar-refractivity contribution in [1.82, 2.24) is 10.6 Å². The number of fused-ring (bicyclic) bond motifs is 1. The van der Waals surface area contributed by atoms with E-state index < -0.39 is 17.9 Å². The summed E-state index contributed by atoms with van der Waals surface area (Å²) >= 11 is 1.48. The van der Waals surface area contributed by atoms with Crippen LogP contribution in [0.5, 0.6) is 0 Å². The average molecular weight is 352 g/mol. The summed E-state index contributed by atoms with van der Waals surface area (Å²) in [4.78, 5) is 37.1. The van der Waals surface area contributed by atoms with Crippen LogP contribution in [-0.2, 0) is 22.4 Å². The highest BCUT2D eigenvalue weighted by Crippen LogP contribution is 2.29. The van der Waals surface area contributed by atoms with Crippen LogP contribution in [-0.4, -0.2) is 35.5 Å². The van der Waals surface area contributed by atoms with Crippen LogP contribution in [0.25, 0.3) is 0 Å². The van der Waals surface area contributed by atoms with Crippen LogP contribution in [0.15, 0.2) is 6.07 Å². The van der Waals surface area contributed by atoms with Gasteiger partial charge < -0.3 is 15.7 Å². The van der Waals surface area contributed by atoms with Gasteiger partial charge in [-0.1, -0.05) is 13.8 Å². The molecule has 6 nitrogen and oxygen atoms in total. The molecule has 1 heterocycles. The maximum atomic E-state index is 12.2. The van der Waals surface area contributed by atoms with Crippen LogP contribution in [0.1, 0.15) is 53.2 Å². The lowest BCUT2D eigenvalue weighted by Gasteiger charge is -2.16. The van der Waals surface area contributed by atoms with E-state index >= 15 is 0 Å². The Morgan fingerprint density at radius 1 is 1.25 bits per heavy atom. The minimum Gasteiger partial charge on any atom is -0.480 e. The molecule has 0 radical (unpaired) electrons. The Bertz CT molecular complexity index is 601. The second kappa shape index (κ2) is 8.28. The standard InChI is InChI=1S/C17H24N2O4S/c1-10(2)7-12(17(22)23)19-15(20)9-18-16(21)14-8-11-5-3-4-6-13(11)24-14/h8,10,12H,3-7,9H2,1-2H3,(H,18,21)(H,19,20)(H,22,23)/t12-/m0/s1. The van der Waals surface area contributed by atoms with E-state index in [-0.39, 0.29) is 18.4 Å². The summed E-state index contributed by atoms with van der Waals surface area (Å²) in [7, 11) is 0. The molecule has 1 aliphatic carbocycles. The van der Waals surface area contributed by atoms with E-state index in [2.05, 4.69) is 10.6 Å². The van der Waals surface area contributed by atoms with Crippen molar-refractivity contribution in [2.75, 3.05) is 6.54 Å². The third-order valence-electron chi connectivity index (χ3n) is 3.97. The number of carbonyl (C=O) groups excluding carboxylic acids is 2. The number of carbonyl (C=O) groups is 3. The monoisotopic (exact) mass is 352 g/mol. The number of aryl methyl sites for hydroxylation is 2. The van der Waals surface area contributed by atoms with Gasteiger partial charge in [-0.2, -0.15) is 0 Å². The second-order valence-electron chi connectivity index (χ2n) is 6.54. The topological polar surface area (TPSA) is 95.5 Å². The van der Waals surface area contributed by atoms with Crippen molar-refractivity contribution in [1.29, 1.82) is 0 Å². The molecule has 2 amide bonds. The summed E-state index contributed by atoms with van der Waals surface area (Å²) in [5, 5.41) is 14.1. The first-order chi connectivity index (χ1) is 11.4. The molecule has 1 atom stereocenters. The maximum Gasteiger partial charge on any atom is 0.326 e. The molecular weight excluding hydrogens is 328 g/mol. The van der Waals surface area contributed by atoms with Crippen LogP contribution in [0.3, 0.4) is 0 Å². The third kappa shape index (κ3) is 5.06. The fourth-order valence-corrected chi connectivity index (χ4v) is 3.96. The van der Waals surface area contributed by atoms with Gasteiger partial charge in [-0.25, -0.2) is 4.79 Å². The van der Waals surface area contributed by atoms with E-state index in [0.29, 0.717) is 11.3 Å². The normalized spacial score (nSPS) is 14.8. The summed E-state index contributed by atoms with van der Waals surface area (Å²) in [6.45, 7) is 3.56. The molecule has 1 aliphatic rings. The number of amides is 2. The highest BCUT2D eigenvalue weighted by atomic mass is 32.1. The molecule has 0 unspecified atom stereocenters. The van der Waals surface area contributed by atoms with Crippen molar-refractivity contribution in [3.8, 4) is 0 Å². The van der Waals surface area contributed by atoms with Gasteiger partial charge in [0.05, 0.1) is 11.4 Å². The molecule has 132 valence electrons. The maximum absolute atomic E-state index is 12.2. The molecule has 0 aliphatic heterocycles. The highest BCUT2D eigenvalue weighted by Gasteiger charge is 2.22. The Balaban J connectivity index is 1.85. The van der Waals surface area contributed by atoms with Gasteiger partial charge in [0.25, 0.3) is 5.91 Å². The summed E-state index contributed by atoms with van der Waals surface area (Å²) in [5.74, 6) is -1.68. The van der Waals surface area contributed by atoms with Crippen molar-refractivity contribution in [2.24, 2.45) is 5.92 Å². The largest absolute Gasteiger partial charge is 0.480 e. The van der Waals surface area contributed by atoms with Gasteiger partial charge in [-0.15, -0.1) is 11.3 Å². The van der Waals surface area contributed by atoms with E-state index in [4.69, 9.17) is 5.11 Å². The minimum atomic E-state index is -1.06. The molecule has 1 aromatic rings. The Morgan fingerprint density at radius 2 is 1.96 bits per heavy atom. The number of thiophene rings is 1. The third-order valence-corrected chi connectivity index (χ3v) is 5.21. The summed E-state index contributed by atoms with van der Waals surface area (Å²) in [6, 6.07) is 0.981. The quantitative estimate of drug-likeness (QED) is 0.699. The van der Waals surface area contributed by atoms with Gasteiger partial charge in [0.15, 0.2) is 0 Å². The Morgan fingerprint density at radius 3 is 2.58 bits per heavy atom. The molecule has 0 aromatic carbocycles. The number of aliphatic carboxylic acids is 1. The van der Waals surface area contributed by atoms with Gasteiger partial charge in [-0.3, -0.25) is 9.59 Å². The van der Waals surface area contributed by atoms with Gasteiger partial charge in [0.2, 0.25) is 5.91 Å². The Kier molecular flexibility index (Phi) is 6.36. The van der Waals surface area contributed by atoms with E-state index in [9.17, 15) is 14.4 Å². The van der Waals surface area contributed by atoms with Crippen LogP contribution >= 0.6 is 11.3 Å².